The second-order valence-corrected chi connectivity index (χ2v) is 8.82. The van der Waals surface area contributed by atoms with Crippen molar-refractivity contribution in [1.82, 2.24) is 4.98 Å². The van der Waals surface area contributed by atoms with Gasteiger partial charge in [0.2, 0.25) is 5.13 Å². The summed E-state index contributed by atoms with van der Waals surface area (Å²) in [4.78, 5) is 15.2. The molecule has 0 amide bonds. The zero-order valence-corrected chi connectivity index (χ0v) is 16.4. The Labute approximate surface area is 161 Å². The lowest BCUT2D eigenvalue weighted by atomic mass is 10.0. The number of carboxylic acids is 1. The van der Waals surface area contributed by atoms with Gasteiger partial charge in [0.1, 0.15) is 0 Å². The minimum Gasteiger partial charge on any atom is -0.478 e. The number of aromatic nitrogens is 1. The normalized spacial score (nSPS) is 11.5. The number of carbonyl (C=O) groups is 1. The lowest BCUT2D eigenvalue weighted by molar-refractivity contribution is 0.0696. The van der Waals surface area contributed by atoms with Crippen molar-refractivity contribution in [1.29, 1.82) is 0 Å². The standard InChI is InChI=1S/C19H18N2O4S2/c1-13(2)14-3-7-16(8-4-14)21(19-20-11-12-26-19)27(24,25)17-9-5-15(6-10-17)18(22)23/h3-13H,1-2H3,(H,22,23). The number of hydrogen-bond donors (Lipinski definition) is 1. The van der Waals surface area contributed by atoms with Crippen molar-refractivity contribution in [2.75, 3.05) is 4.31 Å². The van der Waals surface area contributed by atoms with Gasteiger partial charge in [-0.05, 0) is 47.9 Å². The molecule has 1 aromatic heterocycles. The summed E-state index contributed by atoms with van der Waals surface area (Å²) in [6.07, 6.45) is 1.54. The van der Waals surface area contributed by atoms with Crippen LogP contribution in [0, 0.1) is 0 Å². The van der Waals surface area contributed by atoms with Gasteiger partial charge in [-0.1, -0.05) is 26.0 Å². The number of carboxylic acid groups (broad SMARTS) is 1. The molecule has 8 heteroatoms. The first kappa shape index (κ1) is 19.1. The molecule has 0 bridgehead atoms. The molecule has 6 nitrogen and oxygen atoms in total. The van der Waals surface area contributed by atoms with Crippen LogP contribution in [0.4, 0.5) is 10.8 Å². The number of anilines is 2. The second-order valence-electron chi connectivity index (χ2n) is 6.16. The maximum Gasteiger partial charge on any atom is 0.335 e. The summed E-state index contributed by atoms with van der Waals surface area (Å²) in [6.45, 7) is 4.13. The van der Waals surface area contributed by atoms with Gasteiger partial charge in [0, 0.05) is 11.6 Å². The molecule has 0 radical (unpaired) electrons. The topological polar surface area (TPSA) is 87.6 Å². The van der Waals surface area contributed by atoms with Crippen molar-refractivity contribution in [3.8, 4) is 0 Å². The molecule has 1 N–H and O–H groups in total. The van der Waals surface area contributed by atoms with Crippen LogP contribution in [0.1, 0.15) is 35.7 Å². The van der Waals surface area contributed by atoms with Gasteiger partial charge < -0.3 is 5.11 Å². The van der Waals surface area contributed by atoms with Gasteiger partial charge in [0.15, 0.2) is 0 Å². The molecule has 0 spiro atoms. The molecule has 140 valence electrons. The number of aromatic carboxylic acids is 1. The number of nitrogens with zero attached hydrogens (tertiary/aromatic N) is 2. The van der Waals surface area contributed by atoms with E-state index in [1.807, 2.05) is 12.1 Å². The molecule has 1 heterocycles. The lowest BCUT2D eigenvalue weighted by Crippen LogP contribution is -2.26. The van der Waals surface area contributed by atoms with E-state index in [1.165, 1.54) is 39.9 Å². The monoisotopic (exact) mass is 402 g/mol. The van der Waals surface area contributed by atoms with Crippen LogP contribution in [-0.4, -0.2) is 24.5 Å². The fourth-order valence-electron chi connectivity index (χ4n) is 2.54. The highest BCUT2D eigenvalue weighted by Gasteiger charge is 2.28. The van der Waals surface area contributed by atoms with E-state index in [9.17, 15) is 13.2 Å². The van der Waals surface area contributed by atoms with Crippen molar-refractivity contribution in [2.24, 2.45) is 0 Å². The van der Waals surface area contributed by atoms with Gasteiger partial charge in [-0.3, -0.25) is 0 Å². The Morgan fingerprint density at radius 3 is 2.19 bits per heavy atom. The third-order valence-electron chi connectivity index (χ3n) is 4.03. The van der Waals surface area contributed by atoms with Crippen molar-refractivity contribution in [3.63, 3.8) is 0 Å². The van der Waals surface area contributed by atoms with E-state index in [0.29, 0.717) is 16.7 Å². The second kappa shape index (κ2) is 7.50. The lowest BCUT2D eigenvalue weighted by Gasteiger charge is -2.22. The van der Waals surface area contributed by atoms with Gasteiger partial charge in [0.25, 0.3) is 10.0 Å². The van der Waals surface area contributed by atoms with E-state index in [4.69, 9.17) is 5.11 Å². The average molecular weight is 402 g/mol. The van der Waals surface area contributed by atoms with Crippen LogP contribution in [0.25, 0.3) is 0 Å². The Morgan fingerprint density at radius 2 is 1.70 bits per heavy atom. The fraction of sp³-hybridized carbons (Fsp3) is 0.158. The molecule has 0 unspecified atom stereocenters. The first-order chi connectivity index (χ1) is 12.8. The van der Waals surface area contributed by atoms with E-state index in [-0.39, 0.29) is 10.5 Å². The van der Waals surface area contributed by atoms with Crippen LogP contribution in [0.3, 0.4) is 0 Å². The predicted octanol–water partition coefficient (Wildman–Crippen LogP) is 4.49. The van der Waals surface area contributed by atoms with Crippen molar-refractivity contribution in [3.05, 3.63) is 71.2 Å². The van der Waals surface area contributed by atoms with Gasteiger partial charge in [-0.25, -0.2) is 22.5 Å². The van der Waals surface area contributed by atoms with E-state index in [0.717, 1.165) is 5.56 Å². The summed E-state index contributed by atoms with van der Waals surface area (Å²) in [7, 11) is -3.96. The Morgan fingerprint density at radius 1 is 1.07 bits per heavy atom. The van der Waals surface area contributed by atoms with Gasteiger partial charge in [0.05, 0.1) is 16.1 Å². The van der Waals surface area contributed by atoms with Crippen LogP contribution in [-0.2, 0) is 10.0 Å². The molecule has 0 atom stereocenters. The largest absolute Gasteiger partial charge is 0.478 e. The van der Waals surface area contributed by atoms with E-state index in [2.05, 4.69) is 18.8 Å². The molecule has 3 rings (SSSR count). The number of hydrogen-bond acceptors (Lipinski definition) is 5. The fourth-order valence-corrected chi connectivity index (χ4v) is 4.87. The van der Waals surface area contributed by atoms with Crippen LogP contribution < -0.4 is 4.31 Å². The summed E-state index contributed by atoms with van der Waals surface area (Å²) < 4.78 is 27.7. The summed E-state index contributed by atoms with van der Waals surface area (Å²) >= 11 is 1.21. The molecule has 0 fully saturated rings. The summed E-state index contributed by atoms with van der Waals surface area (Å²) in [5, 5.41) is 11.0. The molecular formula is C19H18N2O4S2. The smallest absolute Gasteiger partial charge is 0.335 e. The molecule has 0 saturated carbocycles. The molecule has 3 aromatic rings. The van der Waals surface area contributed by atoms with Crippen LogP contribution in [0.5, 0.6) is 0 Å². The minimum atomic E-state index is -3.96. The number of rotatable bonds is 6. The molecule has 27 heavy (non-hydrogen) atoms. The van der Waals surface area contributed by atoms with Gasteiger partial charge in [-0.15, -0.1) is 11.3 Å². The highest BCUT2D eigenvalue weighted by molar-refractivity contribution is 7.93. The van der Waals surface area contributed by atoms with Crippen LogP contribution in [0.2, 0.25) is 0 Å². The molecule has 0 aliphatic rings. The van der Waals surface area contributed by atoms with Crippen molar-refractivity contribution < 1.29 is 18.3 Å². The van der Waals surface area contributed by atoms with Gasteiger partial charge in [-0.2, -0.15) is 0 Å². The van der Waals surface area contributed by atoms with E-state index < -0.39 is 16.0 Å². The number of thiazole rings is 1. The van der Waals surface area contributed by atoms with E-state index in [1.54, 1.807) is 23.7 Å². The molecule has 2 aromatic carbocycles. The molecule has 0 aliphatic heterocycles. The molecular weight excluding hydrogens is 384 g/mol. The zero-order valence-electron chi connectivity index (χ0n) is 14.7. The van der Waals surface area contributed by atoms with Gasteiger partial charge >= 0.3 is 5.97 Å². The first-order valence-corrected chi connectivity index (χ1v) is 10.5. The zero-order chi connectivity index (χ0) is 19.6. The number of benzene rings is 2. The summed E-state index contributed by atoms with van der Waals surface area (Å²) in [6, 6.07) is 12.4. The third-order valence-corrected chi connectivity index (χ3v) is 6.63. The summed E-state index contributed by atoms with van der Waals surface area (Å²) in [5.74, 6) is -0.785. The van der Waals surface area contributed by atoms with Crippen LogP contribution in [0.15, 0.2) is 65.0 Å². The SMILES string of the molecule is CC(C)c1ccc(N(c2nccs2)S(=O)(=O)c2ccc(C(=O)O)cc2)cc1. The van der Waals surface area contributed by atoms with Crippen LogP contribution >= 0.6 is 11.3 Å². The quantitative estimate of drug-likeness (QED) is 0.656. The highest BCUT2D eigenvalue weighted by Crippen LogP contribution is 2.34. The van der Waals surface area contributed by atoms with Crippen molar-refractivity contribution in [2.45, 2.75) is 24.7 Å². The Hall–Kier alpha value is -2.71. The third kappa shape index (κ3) is 3.86. The highest BCUT2D eigenvalue weighted by atomic mass is 32.2. The Balaban J connectivity index is 2.08. The predicted molar refractivity (Wildman–Crippen MR) is 105 cm³/mol. The Bertz CT molecular complexity index is 1030. The Kier molecular flexibility index (Phi) is 5.29. The molecule has 0 saturated heterocycles. The average Bonchev–Trinajstić information content (AvgIpc) is 3.16. The maximum absolute atomic E-state index is 13.3. The maximum atomic E-state index is 13.3. The minimum absolute atomic E-state index is 0.00404. The first-order valence-electron chi connectivity index (χ1n) is 8.19. The van der Waals surface area contributed by atoms with Crippen molar-refractivity contribution >= 4 is 38.1 Å². The number of sulfonamides is 1. The summed E-state index contributed by atoms with van der Waals surface area (Å²) in [5.41, 5.74) is 1.59. The van der Waals surface area contributed by atoms with E-state index >= 15 is 0 Å². The molecule has 0 aliphatic carbocycles.